The highest BCUT2D eigenvalue weighted by molar-refractivity contribution is 7.43. The zero-order valence-corrected chi connectivity index (χ0v) is 4.46. The van der Waals surface area contributed by atoms with Crippen molar-refractivity contribution < 1.29 is 4.57 Å². The van der Waals surface area contributed by atoms with Gasteiger partial charge in [0, 0.05) is 0 Å². The topological polar surface area (TPSA) is 17.1 Å². The van der Waals surface area contributed by atoms with E-state index in [0.29, 0.717) is 0 Å². The SMILES string of the molecule is C.C.C.C.C.C.CC[P+](C)=O. The van der Waals surface area contributed by atoms with Crippen molar-refractivity contribution in [3.8, 4) is 0 Å². The zero-order chi connectivity index (χ0) is 4.28. The van der Waals surface area contributed by atoms with E-state index in [9.17, 15) is 4.57 Å². The van der Waals surface area contributed by atoms with Crippen LogP contribution in [-0.2, 0) is 4.57 Å². The highest BCUT2D eigenvalue weighted by Gasteiger charge is 1.93. The summed E-state index contributed by atoms with van der Waals surface area (Å²) in [6.45, 7) is 3.65. The van der Waals surface area contributed by atoms with Gasteiger partial charge in [-0.3, -0.25) is 0 Å². The molecule has 0 fully saturated rings. The van der Waals surface area contributed by atoms with Gasteiger partial charge in [0.15, 0.2) is 0 Å². The van der Waals surface area contributed by atoms with E-state index >= 15 is 0 Å². The monoisotopic (exact) mass is 187 g/mol. The molecule has 1 atom stereocenters. The van der Waals surface area contributed by atoms with Crippen LogP contribution in [0.25, 0.3) is 0 Å². The fourth-order valence-electron chi connectivity index (χ4n) is 0. The van der Waals surface area contributed by atoms with Gasteiger partial charge in [-0.25, -0.2) is 0 Å². The minimum Gasteiger partial charge on any atom is -0.0776 e. The summed E-state index contributed by atoms with van der Waals surface area (Å²) in [6.07, 6.45) is 0.815. The third-order valence-corrected chi connectivity index (χ3v) is 1.34. The molecular formula is C9H32OP+. The van der Waals surface area contributed by atoms with Crippen molar-refractivity contribution in [2.45, 2.75) is 51.5 Å². The zero-order valence-electron chi connectivity index (χ0n) is 3.56. The lowest BCUT2D eigenvalue weighted by Crippen LogP contribution is -1.55. The lowest BCUT2D eigenvalue weighted by atomic mass is 11.0. The van der Waals surface area contributed by atoms with Crippen LogP contribution in [0.5, 0.6) is 0 Å². The first kappa shape index (κ1) is 67.4. The van der Waals surface area contributed by atoms with Crippen molar-refractivity contribution >= 4 is 7.80 Å². The lowest BCUT2D eigenvalue weighted by Gasteiger charge is -1.55. The van der Waals surface area contributed by atoms with Crippen LogP contribution in [0.2, 0.25) is 0 Å². The van der Waals surface area contributed by atoms with Gasteiger partial charge >= 0.3 is 7.80 Å². The second-order valence-corrected chi connectivity index (χ2v) is 2.83. The Bertz CT molecular complexity index is 44.8. The van der Waals surface area contributed by atoms with Crippen molar-refractivity contribution in [1.29, 1.82) is 0 Å². The number of rotatable bonds is 1. The summed E-state index contributed by atoms with van der Waals surface area (Å²) in [5, 5.41) is 0. The van der Waals surface area contributed by atoms with E-state index < -0.39 is 7.80 Å². The second kappa shape index (κ2) is 49.8. The van der Waals surface area contributed by atoms with E-state index in [1.165, 1.54) is 0 Å². The van der Waals surface area contributed by atoms with Crippen molar-refractivity contribution in [1.82, 2.24) is 0 Å². The first-order valence-corrected chi connectivity index (χ1v) is 3.55. The Morgan fingerprint density at radius 3 is 1.00 bits per heavy atom. The maximum absolute atomic E-state index is 9.96. The Kier molecular flexibility index (Phi) is 305. The average molecular weight is 187 g/mol. The molecule has 0 bridgehead atoms. The van der Waals surface area contributed by atoms with Gasteiger partial charge in [-0.2, -0.15) is 0 Å². The Morgan fingerprint density at radius 1 is 0.909 bits per heavy atom. The molecule has 2 heteroatoms. The normalized spacial score (nSPS) is 5.09. The molecule has 0 radical (unpaired) electrons. The van der Waals surface area contributed by atoms with Gasteiger partial charge in [0.25, 0.3) is 0 Å². The molecule has 0 aromatic rings. The van der Waals surface area contributed by atoms with Gasteiger partial charge in [0.1, 0.15) is 12.8 Å². The molecule has 0 aliphatic carbocycles. The molecule has 1 unspecified atom stereocenters. The van der Waals surface area contributed by atoms with E-state index in [0.717, 1.165) is 6.16 Å². The summed E-state index contributed by atoms with van der Waals surface area (Å²) in [6, 6.07) is 0. The smallest absolute Gasteiger partial charge is 0.0776 e. The first-order valence-electron chi connectivity index (χ1n) is 1.65. The Balaban J connectivity index is -0.00000000533. The Morgan fingerprint density at radius 2 is 1.00 bits per heavy atom. The lowest BCUT2D eigenvalue weighted by molar-refractivity contribution is 0.592. The minimum absolute atomic E-state index is 0. The maximum Gasteiger partial charge on any atom is 0.335 e. The summed E-state index contributed by atoms with van der Waals surface area (Å²) in [5.74, 6) is 0. The molecule has 0 saturated carbocycles. The highest BCUT2D eigenvalue weighted by atomic mass is 31.1. The molecule has 78 valence electrons. The van der Waals surface area contributed by atoms with Gasteiger partial charge in [0.05, 0.1) is 0 Å². The number of hydrogen-bond acceptors (Lipinski definition) is 1. The van der Waals surface area contributed by atoms with Crippen LogP contribution in [0.3, 0.4) is 0 Å². The van der Waals surface area contributed by atoms with E-state index in [4.69, 9.17) is 0 Å². The summed E-state index contributed by atoms with van der Waals surface area (Å²) < 4.78 is 9.96. The molecule has 0 aliphatic rings. The fraction of sp³-hybridized carbons (Fsp3) is 1.00. The highest BCUT2D eigenvalue weighted by Crippen LogP contribution is 2.09. The molecule has 0 saturated heterocycles. The standard InChI is InChI=1S/C3H8OP.6CH4/c1-3-5(2)4;;;;;;/h3H2,1-2H3;6*1H4/q+1;;;;;;. The van der Waals surface area contributed by atoms with E-state index in [2.05, 4.69) is 0 Å². The van der Waals surface area contributed by atoms with E-state index in [1.54, 1.807) is 6.66 Å². The molecule has 11 heavy (non-hydrogen) atoms. The van der Waals surface area contributed by atoms with Gasteiger partial charge in [-0.15, -0.1) is 0 Å². The third kappa shape index (κ3) is 150. The van der Waals surface area contributed by atoms with Gasteiger partial charge in [-0.05, 0) is 6.92 Å². The summed E-state index contributed by atoms with van der Waals surface area (Å²) >= 11 is 0. The van der Waals surface area contributed by atoms with Crippen LogP contribution in [0.15, 0.2) is 0 Å². The predicted molar refractivity (Wildman–Crippen MR) is 64.5 cm³/mol. The molecule has 0 aromatic heterocycles. The Hall–Kier alpha value is 0.100. The van der Waals surface area contributed by atoms with E-state index in [1.807, 2.05) is 6.92 Å². The molecule has 0 rings (SSSR count). The molecule has 0 amide bonds. The quantitative estimate of drug-likeness (QED) is 0.510. The van der Waals surface area contributed by atoms with Crippen LogP contribution in [0.4, 0.5) is 0 Å². The molecule has 0 aliphatic heterocycles. The maximum atomic E-state index is 9.96. The van der Waals surface area contributed by atoms with Crippen LogP contribution in [0.1, 0.15) is 51.5 Å². The second-order valence-electron chi connectivity index (χ2n) is 0.944. The molecule has 0 heterocycles. The molecule has 0 aromatic carbocycles. The summed E-state index contributed by atoms with van der Waals surface area (Å²) in [7, 11) is -0.848. The van der Waals surface area contributed by atoms with Crippen molar-refractivity contribution in [3.05, 3.63) is 0 Å². The van der Waals surface area contributed by atoms with Crippen molar-refractivity contribution in [3.63, 3.8) is 0 Å². The molecule has 0 N–H and O–H groups in total. The molecular weight excluding hydrogens is 155 g/mol. The molecule has 0 spiro atoms. The van der Waals surface area contributed by atoms with Gasteiger partial charge in [-0.1, -0.05) is 49.1 Å². The van der Waals surface area contributed by atoms with Crippen molar-refractivity contribution in [2.75, 3.05) is 12.8 Å². The Labute approximate surface area is 77.4 Å². The van der Waals surface area contributed by atoms with Crippen molar-refractivity contribution in [2.24, 2.45) is 0 Å². The average Bonchev–Trinajstić information content (AvgIpc) is 1.38. The van der Waals surface area contributed by atoms with Gasteiger partial charge < -0.3 is 0 Å². The van der Waals surface area contributed by atoms with Crippen LogP contribution in [0, 0.1) is 0 Å². The number of hydrogen-bond donors (Lipinski definition) is 0. The first-order chi connectivity index (χ1) is 2.27. The van der Waals surface area contributed by atoms with Gasteiger partial charge in [0.2, 0.25) is 0 Å². The van der Waals surface area contributed by atoms with E-state index in [-0.39, 0.29) is 44.6 Å². The van der Waals surface area contributed by atoms with Crippen LogP contribution in [-0.4, -0.2) is 12.8 Å². The predicted octanol–water partition coefficient (Wildman–Crippen LogP) is 5.28. The van der Waals surface area contributed by atoms with Crippen LogP contribution < -0.4 is 0 Å². The summed E-state index contributed by atoms with van der Waals surface area (Å²) in [5.41, 5.74) is 0. The minimum atomic E-state index is -0.848. The third-order valence-electron chi connectivity index (χ3n) is 0.445. The van der Waals surface area contributed by atoms with Crippen LogP contribution >= 0.6 is 7.80 Å². The fourth-order valence-corrected chi connectivity index (χ4v) is 0. The summed E-state index contributed by atoms with van der Waals surface area (Å²) in [4.78, 5) is 0. The largest absolute Gasteiger partial charge is 0.335 e. The molecule has 1 nitrogen and oxygen atoms in total.